The summed E-state index contributed by atoms with van der Waals surface area (Å²) < 4.78 is 0. The van der Waals surface area contributed by atoms with Gasteiger partial charge >= 0.3 is 0 Å². The van der Waals surface area contributed by atoms with E-state index in [0.29, 0.717) is 12.0 Å². The summed E-state index contributed by atoms with van der Waals surface area (Å²) >= 11 is 1.60. The van der Waals surface area contributed by atoms with Gasteiger partial charge in [0.25, 0.3) is 0 Å². The molecule has 0 atom stereocenters. The van der Waals surface area contributed by atoms with Crippen molar-refractivity contribution >= 4 is 38.3 Å². The van der Waals surface area contributed by atoms with Gasteiger partial charge in [-0.15, -0.1) is 0 Å². The Labute approximate surface area is 150 Å². The monoisotopic (exact) mass is 351 g/mol. The predicted molar refractivity (Wildman–Crippen MR) is 103 cm³/mol. The second-order valence-corrected chi connectivity index (χ2v) is 8.01. The van der Waals surface area contributed by atoms with Gasteiger partial charge in [-0.25, -0.2) is 15.0 Å². The van der Waals surface area contributed by atoms with Gasteiger partial charge in [0.05, 0.1) is 0 Å². The Balaban J connectivity index is 1.34. The highest BCUT2D eigenvalue weighted by Gasteiger charge is 2.25. The number of hydrogen-bond donors (Lipinski definition) is 2. The lowest BCUT2D eigenvalue weighted by atomic mass is 10.2. The molecule has 3 aromatic heterocycles. The SMILES string of the molecule is c1cc(NC2CCCC2)cc(Nc2nc3ccc(C4CC4)nc3s2)n1. The van der Waals surface area contributed by atoms with E-state index in [-0.39, 0.29) is 0 Å². The lowest BCUT2D eigenvalue weighted by molar-refractivity contribution is 0.755. The van der Waals surface area contributed by atoms with Crippen LogP contribution >= 0.6 is 11.3 Å². The number of aromatic nitrogens is 3. The molecule has 128 valence electrons. The van der Waals surface area contributed by atoms with Crippen molar-refractivity contribution in [3.8, 4) is 0 Å². The molecule has 0 aromatic carbocycles. The van der Waals surface area contributed by atoms with Gasteiger partial charge in [-0.2, -0.15) is 0 Å². The molecule has 2 fully saturated rings. The summed E-state index contributed by atoms with van der Waals surface area (Å²) in [5.41, 5.74) is 3.29. The highest BCUT2D eigenvalue weighted by atomic mass is 32.1. The molecular formula is C19H21N5S. The zero-order chi connectivity index (χ0) is 16.6. The van der Waals surface area contributed by atoms with Crippen molar-refractivity contribution in [1.82, 2.24) is 15.0 Å². The molecule has 0 amide bonds. The third-order valence-corrected chi connectivity index (χ3v) is 5.87. The summed E-state index contributed by atoms with van der Waals surface area (Å²) in [5.74, 6) is 1.49. The van der Waals surface area contributed by atoms with Crippen molar-refractivity contribution in [3.63, 3.8) is 0 Å². The summed E-state index contributed by atoms with van der Waals surface area (Å²) in [6, 6.07) is 8.90. The van der Waals surface area contributed by atoms with Crippen molar-refractivity contribution in [2.24, 2.45) is 0 Å². The van der Waals surface area contributed by atoms with E-state index in [4.69, 9.17) is 4.98 Å². The molecule has 2 saturated carbocycles. The fourth-order valence-electron chi connectivity index (χ4n) is 3.50. The number of pyridine rings is 2. The van der Waals surface area contributed by atoms with Crippen LogP contribution in [0.4, 0.5) is 16.6 Å². The van der Waals surface area contributed by atoms with Crippen LogP contribution < -0.4 is 10.6 Å². The van der Waals surface area contributed by atoms with Gasteiger partial charge in [0.15, 0.2) is 5.13 Å². The van der Waals surface area contributed by atoms with Gasteiger partial charge in [-0.05, 0) is 43.9 Å². The molecule has 5 rings (SSSR count). The van der Waals surface area contributed by atoms with Gasteiger partial charge in [-0.1, -0.05) is 24.2 Å². The Morgan fingerprint density at radius 3 is 2.72 bits per heavy atom. The molecule has 5 nitrogen and oxygen atoms in total. The Morgan fingerprint density at radius 1 is 1.00 bits per heavy atom. The maximum absolute atomic E-state index is 4.77. The number of fused-ring (bicyclic) bond motifs is 1. The van der Waals surface area contributed by atoms with Crippen LogP contribution in [0.25, 0.3) is 10.3 Å². The number of thiazole rings is 1. The molecule has 0 bridgehead atoms. The zero-order valence-electron chi connectivity index (χ0n) is 14.0. The predicted octanol–water partition coefficient (Wildman–Crippen LogP) is 5.06. The molecule has 0 unspecified atom stereocenters. The molecule has 0 spiro atoms. The average Bonchev–Trinajstić information content (AvgIpc) is 3.20. The minimum absolute atomic E-state index is 0.600. The van der Waals surface area contributed by atoms with Crippen LogP contribution in [0.5, 0.6) is 0 Å². The number of rotatable bonds is 5. The quantitative estimate of drug-likeness (QED) is 0.672. The minimum Gasteiger partial charge on any atom is -0.382 e. The smallest absolute Gasteiger partial charge is 0.190 e. The molecule has 25 heavy (non-hydrogen) atoms. The highest BCUT2D eigenvalue weighted by molar-refractivity contribution is 7.21. The average molecular weight is 351 g/mol. The fourth-order valence-corrected chi connectivity index (χ4v) is 4.35. The van der Waals surface area contributed by atoms with Crippen LogP contribution in [0.3, 0.4) is 0 Å². The van der Waals surface area contributed by atoms with E-state index in [9.17, 15) is 0 Å². The van der Waals surface area contributed by atoms with Crippen molar-refractivity contribution in [1.29, 1.82) is 0 Å². The second kappa shape index (κ2) is 6.26. The molecule has 2 N–H and O–H groups in total. The van der Waals surface area contributed by atoms with Gasteiger partial charge in [0.1, 0.15) is 16.2 Å². The van der Waals surface area contributed by atoms with Crippen molar-refractivity contribution < 1.29 is 0 Å². The summed E-state index contributed by atoms with van der Waals surface area (Å²) in [4.78, 5) is 14.9. The van der Waals surface area contributed by atoms with E-state index in [0.717, 1.165) is 27.0 Å². The summed E-state index contributed by atoms with van der Waals surface area (Å²) in [5, 5.41) is 7.80. The Hall–Kier alpha value is -2.21. The van der Waals surface area contributed by atoms with Crippen LogP contribution in [-0.4, -0.2) is 21.0 Å². The largest absolute Gasteiger partial charge is 0.382 e. The first-order chi connectivity index (χ1) is 12.3. The molecule has 0 aliphatic heterocycles. The fraction of sp³-hybridized carbons (Fsp3) is 0.421. The van der Waals surface area contributed by atoms with E-state index in [1.807, 2.05) is 12.3 Å². The third kappa shape index (κ3) is 3.31. The van der Waals surface area contributed by atoms with Gasteiger partial charge in [0.2, 0.25) is 0 Å². The van der Waals surface area contributed by atoms with Crippen LogP contribution in [0.15, 0.2) is 30.5 Å². The Bertz CT molecular complexity index is 896. The number of nitrogens with zero attached hydrogens (tertiary/aromatic N) is 3. The molecular weight excluding hydrogens is 330 g/mol. The lowest BCUT2D eigenvalue weighted by Crippen LogP contribution is -2.14. The number of anilines is 3. The van der Waals surface area contributed by atoms with E-state index in [1.54, 1.807) is 11.3 Å². The van der Waals surface area contributed by atoms with Crippen molar-refractivity contribution in [2.45, 2.75) is 50.5 Å². The van der Waals surface area contributed by atoms with Crippen LogP contribution in [-0.2, 0) is 0 Å². The maximum atomic E-state index is 4.77. The molecule has 0 saturated heterocycles. The van der Waals surface area contributed by atoms with Crippen molar-refractivity contribution in [3.05, 3.63) is 36.2 Å². The number of hydrogen-bond acceptors (Lipinski definition) is 6. The summed E-state index contributed by atoms with van der Waals surface area (Å²) in [6.45, 7) is 0. The Morgan fingerprint density at radius 2 is 1.88 bits per heavy atom. The van der Waals surface area contributed by atoms with Crippen LogP contribution in [0.1, 0.15) is 50.1 Å². The Kier molecular flexibility index (Phi) is 3.77. The van der Waals surface area contributed by atoms with Crippen LogP contribution in [0, 0.1) is 0 Å². The number of nitrogens with one attached hydrogen (secondary N) is 2. The van der Waals surface area contributed by atoms with Crippen molar-refractivity contribution in [2.75, 3.05) is 10.6 Å². The second-order valence-electron chi connectivity index (χ2n) is 7.03. The van der Waals surface area contributed by atoms with E-state index in [1.165, 1.54) is 44.2 Å². The van der Waals surface area contributed by atoms with Gasteiger partial charge < -0.3 is 10.6 Å². The first kappa shape index (κ1) is 15.1. The first-order valence-corrected chi connectivity index (χ1v) is 9.92. The van der Waals surface area contributed by atoms with E-state index >= 15 is 0 Å². The summed E-state index contributed by atoms with van der Waals surface area (Å²) in [6.07, 6.45) is 9.57. The molecule has 0 radical (unpaired) electrons. The molecule has 3 aromatic rings. The summed E-state index contributed by atoms with van der Waals surface area (Å²) in [7, 11) is 0. The normalized spacial score (nSPS) is 17.9. The lowest BCUT2D eigenvalue weighted by Gasteiger charge is -2.14. The first-order valence-electron chi connectivity index (χ1n) is 9.10. The van der Waals surface area contributed by atoms with E-state index in [2.05, 4.69) is 38.8 Å². The highest BCUT2D eigenvalue weighted by Crippen LogP contribution is 2.40. The van der Waals surface area contributed by atoms with Gasteiger partial charge in [0, 0.05) is 35.6 Å². The zero-order valence-corrected chi connectivity index (χ0v) is 14.9. The van der Waals surface area contributed by atoms with E-state index < -0.39 is 0 Å². The molecule has 3 heterocycles. The van der Waals surface area contributed by atoms with Gasteiger partial charge in [-0.3, -0.25) is 0 Å². The molecule has 2 aliphatic rings. The minimum atomic E-state index is 0.600. The van der Waals surface area contributed by atoms with Crippen LogP contribution in [0.2, 0.25) is 0 Å². The maximum Gasteiger partial charge on any atom is 0.190 e. The topological polar surface area (TPSA) is 62.7 Å². The molecule has 6 heteroatoms. The molecule has 2 aliphatic carbocycles. The standard InChI is InChI=1S/C19H21N5S/c1-2-4-13(3-1)21-14-9-10-20-17(11-14)24-19-23-16-8-7-15(12-5-6-12)22-18(16)25-19/h7-13H,1-6H2,(H2,20,21,23,24). The third-order valence-electron chi connectivity index (χ3n) is 4.99.